The van der Waals surface area contributed by atoms with Crippen LogP contribution in [0.2, 0.25) is 0 Å². The number of carbonyl (C=O) groups excluding carboxylic acids is 1. The Kier molecular flexibility index (Phi) is 4.68. The highest BCUT2D eigenvalue weighted by molar-refractivity contribution is 6.24. The van der Waals surface area contributed by atoms with Crippen LogP contribution in [-0.2, 0) is 6.42 Å². The van der Waals surface area contributed by atoms with Crippen LogP contribution >= 0.6 is 0 Å². The molecule has 0 radical (unpaired) electrons. The number of benzene rings is 2. The number of aromatic nitrogens is 2. The second-order valence-corrected chi connectivity index (χ2v) is 10.4. The summed E-state index contributed by atoms with van der Waals surface area (Å²) in [6, 6.07) is 10.7. The van der Waals surface area contributed by atoms with Gasteiger partial charge in [0.1, 0.15) is 0 Å². The van der Waals surface area contributed by atoms with E-state index in [1.54, 1.807) is 0 Å². The molecular formula is C26H31N3O. The fourth-order valence-electron chi connectivity index (χ4n) is 5.47. The number of nitrogens with zero attached hydrogens (tertiary/aromatic N) is 2. The van der Waals surface area contributed by atoms with Crippen molar-refractivity contribution in [3.05, 3.63) is 59.4 Å². The van der Waals surface area contributed by atoms with Crippen LogP contribution in [0.5, 0.6) is 0 Å². The van der Waals surface area contributed by atoms with Crippen LogP contribution < -0.4 is 5.32 Å². The average molecular weight is 402 g/mol. The third-order valence-corrected chi connectivity index (χ3v) is 6.76. The smallest absolute Gasteiger partial charge is 0.256 e. The van der Waals surface area contributed by atoms with E-state index in [0.717, 1.165) is 29.0 Å². The zero-order valence-corrected chi connectivity index (χ0v) is 18.2. The summed E-state index contributed by atoms with van der Waals surface area (Å²) >= 11 is 0. The van der Waals surface area contributed by atoms with Crippen LogP contribution in [0, 0.1) is 11.3 Å². The lowest BCUT2D eigenvalue weighted by molar-refractivity contribution is 0.103. The Morgan fingerprint density at radius 3 is 2.67 bits per heavy atom. The van der Waals surface area contributed by atoms with Gasteiger partial charge in [0.15, 0.2) is 0 Å². The molecule has 1 aliphatic heterocycles. The van der Waals surface area contributed by atoms with Crippen molar-refractivity contribution in [1.29, 1.82) is 0 Å². The van der Waals surface area contributed by atoms with Crippen molar-refractivity contribution in [3.8, 4) is 0 Å². The second-order valence-electron chi connectivity index (χ2n) is 10.4. The number of amides is 1. The first kappa shape index (κ1) is 19.3. The molecule has 0 spiro atoms. The van der Waals surface area contributed by atoms with E-state index in [-0.39, 0.29) is 5.91 Å². The summed E-state index contributed by atoms with van der Waals surface area (Å²) in [5.41, 5.74) is 4.63. The van der Waals surface area contributed by atoms with Gasteiger partial charge in [-0.15, -0.1) is 0 Å². The van der Waals surface area contributed by atoms with Crippen LogP contribution in [0.4, 0.5) is 5.69 Å². The fourth-order valence-corrected chi connectivity index (χ4v) is 5.47. The molecule has 4 nitrogen and oxygen atoms in total. The van der Waals surface area contributed by atoms with Crippen LogP contribution in [0.1, 0.15) is 80.4 Å². The van der Waals surface area contributed by atoms with E-state index in [2.05, 4.69) is 49.1 Å². The zero-order valence-electron chi connectivity index (χ0n) is 18.2. The minimum Gasteiger partial charge on any atom is -0.321 e. The summed E-state index contributed by atoms with van der Waals surface area (Å²) in [5, 5.41) is 9.92. The van der Waals surface area contributed by atoms with E-state index in [9.17, 15) is 4.79 Å². The number of hydrogen-bond donors (Lipinski definition) is 1. The normalized spacial score (nSPS) is 21.2. The van der Waals surface area contributed by atoms with Gasteiger partial charge in [0.2, 0.25) is 0 Å². The number of rotatable bonds is 4. The van der Waals surface area contributed by atoms with Crippen LogP contribution in [0.25, 0.3) is 10.8 Å². The molecule has 0 saturated heterocycles. The predicted octanol–water partition coefficient (Wildman–Crippen LogP) is 6.36. The molecule has 1 aromatic heterocycles. The van der Waals surface area contributed by atoms with Gasteiger partial charge in [0.05, 0.1) is 12.2 Å². The van der Waals surface area contributed by atoms with Gasteiger partial charge in [-0.2, -0.15) is 5.10 Å². The van der Waals surface area contributed by atoms with Gasteiger partial charge in [-0.05, 0) is 72.1 Å². The third-order valence-electron chi connectivity index (χ3n) is 6.76. The molecule has 2 heterocycles. The molecular weight excluding hydrogens is 370 g/mol. The Labute approximate surface area is 178 Å². The maximum Gasteiger partial charge on any atom is 0.256 e. The van der Waals surface area contributed by atoms with Crippen LogP contribution in [-0.4, -0.2) is 15.7 Å². The topological polar surface area (TPSA) is 46.9 Å². The molecule has 30 heavy (non-hydrogen) atoms. The molecule has 2 aromatic carbocycles. The summed E-state index contributed by atoms with van der Waals surface area (Å²) in [7, 11) is 0. The maximum atomic E-state index is 12.2. The lowest BCUT2D eigenvalue weighted by Crippen LogP contribution is -2.22. The van der Waals surface area contributed by atoms with E-state index in [1.165, 1.54) is 48.6 Å². The highest BCUT2D eigenvalue weighted by atomic mass is 16.1. The standard InChI is InChI=1S/C26H31N3O/c1-26(2,3)14-17-7-10-20(11-8-17)29-16-18(15-27-29)13-19-9-12-23-24-21(19)5-4-6-22(24)25(30)28-23/h4-6,9,12,15-17,20H,7-8,10-11,13-14H2,1-3H3,(H,28,30). The molecule has 4 heteroatoms. The highest BCUT2D eigenvalue weighted by Crippen LogP contribution is 2.39. The number of hydrogen-bond acceptors (Lipinski definition) is 2. The van der Waals surface area contributed by atoms with Crippen molar-refractivity contribution >= 4 is 22.4 Å². The molecule has 1 fully saturated rings. The SMILES string of the molecule is CC(C)(C)CC1CCC(n2cc(Cc3ccc4c5c(cccc35)C(=O)N4)cn2)CC1. The van der Waals surface area contributed by atoms with Crippen LogP contribution in [0.3, 0.4) is 0 Å². The lowest BCUT2D eigenvalue weighted by atomic mass is 9.76. The predicted molar refractivity (Wildman–Crippen MR) is 122 cm³/mol. The number of carbonyl (C=O) groups is 1. The van der Waals surface area contributed by atoms with Crippen molar-refractivity contribution in [2.24, 2.45) is 11.3 Å². The van der Waals surface area contributed by atoms with Crippen molar-refractivity contribution in [2.45, 2.75) is 65.3 Å². The first-order chi connectivity index (χ1) is 14.4. The Bertz CT molecular complexity index is 1100. The molecule has 0 bridgehead atoms. The van der Waals surface area contributed by atoms with Gasteiger partial charge >= 0.3 is 0 Å². The second kappa shape index (κ2) is 7.26. The molecule has 0 unspecified atom stereocenters. The van der Waals surface area contributed by atoms with Gasteiger partial charge in [-0.1, -0.05) is 39.0 Å². The molecule has 1 saturated carbocycles. The van der Waals surface area contributed by atoms with Gasteiger partial charge in [0, 0.05) is 29.3 Å². The van der Waals surface area contributed by atoms with E-state index < -0.39 is 0 Å². The van der Waals surface area contributed by atoms with E-state index in [0.29, 0.717) is 11.5 Å². The molecule has 1 amide bonds. The largest absolute Gasteiger partial charge is 0.321 e. The average Bonchev–Trinajstić information content (AvgIpc) is 3.29. The summed E-state index contributed by atoms with van der Waals surface area (Å²) in [5.74, 6) is 0.865. The number of nitrogens with one attached hydrogen (secondary N) is 1. The Hall–Kier alpha value is -2.62. The van der Waals surface area contributed by atoms with Crippen molar-refractivity contribution in [2.75, 3.05) is 5.32 Å². The molecule has 0 atom stereocenters. The van der Waals surface area contributed by atoms with Crippen molar-refractivity contribution in [1.82, 2.24) is 9.78 Å². The minimum atomic E-state index is 0.00244. The Morgan fingerprint density at radius 1 is 1.10 bits per heavy atom. The first-order valence-electron chi connectivity index (χ1n) is 11.3. The quantitative estimate of drug-likeness (QED) is 0.553. The molecule has 3 aromatic rings. The fraction of sp³-hybridized carbons (Fsp3) is 0.462. The van der Waals surface area contributed by atoms with E-state index in [4.69, 9.17) is 5.10 Å². The Morgan fingerprint density at radius 2 is 1.90 bits per heavy atom. The minimum absolute atomic E-state index is 0.00244. The van der Waals surface area contributed by atoms with Gasteiger partial charge in [-0.3, -0.25) is 9.48 Å². The van der Waals surface area contributed by atoms with Gasteiger partial charge in [0.25, 0.3) is 5.91 Å². The molecule has 1 aliphatic carbocycles. The monoisotopic (exact) mass is 401 g/mol. The maximum absolute atomic E-state index is 12.2. The van der Waals surface area contributed by atoms with Crippen molar-refractivity contribution < 1.29 is 4.79 Å². The van der Waals surface area contributed by atoms with Crippen molar-refractivity contribution in [3.63, 3.8) is 0 Å². The highest BCUT2D eigenvalue weighted by Gasteiger charge is 2.26. The van der Waals surface area contributed by atoms with Crippen LogP contribution in [0.15, 0.2) is 42.7 Å². The lowest BCUT2D eigenvalue weighted by Gasteiger charge is -2.32. The molecule has 1 N–H and O–H groups in total. The van der Waals surface area contributed by atoms with Gasteiger partial charge < -0.3 is 5.32 Å². The Balaban J connectivity index is 1.31. The molecule has 2 aliphatic rings. The van der Waals surface area contributed by atoms with E-state index >= 15 is 0 Å². The summed E-state index contributed by atoms with van der Waals surface area (Å²) < 4.78 is 2.20. The summed E-state index contributed by atoms with van der Waals surface area (Å²) in [4.78, 5) is 12.2. The summed E-state index contributed by atoms with van der Waals surface area (Å²) in [6.07, 6.45) is 11.5. The van der Waals surface area contributed by atoms with Gasteiger partial charge in [-0.25, -0.2) is 0 Å². The number of anilines is 1. The summed E-state index contributed by atoms with van der Waals surface area (Å²) in [6.45, 7) is 7.06. The first-order valence-corrected chi connectivity index (χ1v) is 11.3. The molecule has 5 rings (SSSR count). The zero-order chi connectivity index (χ0) is 20.9. The van der Waals surface area contributed by atoms with E-state index in [1.807, 2.05) is 24.4 Å². The molecule has 156 valence electrons. The third kappa shape index (κ3) is 3.64.